The van der Waals surface area contributed by atoms with Crippen LogP contribution in [0.4, 0.5) is 5.69 Å². The molecule has 0 aliphatic carbocycles. The maximum Gasteiger partial charge on any atom is 0.248 e. The SMILES string of the molecule is Cc1ccc(CNC(=O)C2c3c(C)nn(-c4ccccc4)c3SCC(=O)N2c2ccccc2C)cc1. The van der Waals surface area contributed by atoms with Crippen LogP contribution in [0.2, 0.25) is 0 Å². The number of aromatic nitrogens is 2. The van der Waals surface area contributed by atoms with Gasteiger partial charge in [0.15, 0.2) is 0 Å². The smallest absolute Gasteiger partial charge is 0.248 e. The van der Waals surface area contributed by atoms with E-state index in [0.29, 0.717) is 6.54 Å². The molecule has 4 aromatic rings. The molecule has 182 valence electrons. The van der Waals surface area contributed by atoms with E-state index < -0.39 is 6.04 Å². The summed E-state index contributed by atoms with van der Waals surface area (Å²) in [5.41, 5.74) is 6.22. The Morgan fingerprint density at radius 3 is 2.39 bits per heavy atom. The molecule has 3 aromatic carbocycles. The number of fused-ring (bicyclic) bond motifs is 1. The zero-order valence-corrected chi connectivity index (χ0v) is 21.4. The van der Waals surface area contributed by atoms with Gasteiger partial charge in [-0.15, -0.1) is 0 Å². The summed E-state index contributed by atoms with van der Waals surface area (Å²) < 4.78 is 1.85. The van der Waals surface area contributed by atoms with Gasteiger partial charge in [0.25, 0.3) is 0 Å². The summed E-state index contributed by atoms with van der Waals surface area (Å²) in [6.45, 7) is 6.28. The zero-order valence-electron chi connectivity index (χ0n) is 20.6. The molecule has 7 heteroatoms. The summed E-state index contributed by atoms with van der Waals surface area (Å²) in [6.07, 6.45) is 0. The molecule has 1 aliphatic rings. The topological polar surface area (TPSA) is 67.2 Å². The fourth-order valence-corrected chi connectivity index (χ4v) is 5.62. The van der Waals surface area contributed by atoms with Crippen LogP contribution in [0.1, 0.15) is 34.0 Å². The highest BCUT2D eigenvalue weighted by atomic mass is 32.2. The number of para-hydroxylation sites is 2. The third-order valence-electron chi connectivity index (χ3n) is 6.41. The Bertz CT molecular complexity index is 1410. The van der Waals surface area contributed by atoms with Crippen LogP contribution in [0.3, 0.4) is 0 Å². The lowest BCUT2D eigenvalue weighted by Gasteiger charge is -2.31. The molecule has 0 saturated heterocycles. The van der Waals surface area contributed by atoms with Crippen molar-refractivity contribution in [2.75, 3.05) is 10.7 Å². The van der Waals surface area contributed by atoms with Crippen molar-refractivity contribution in [3.63, 3.8) is 0 Å². The minimum atomic E-state index is -0.841. The van der Waals surface area contributed by atoms with Crippen LogP contribution in [0.25, 0.3) is 5.69 Å². The van der Waals surface area contributed by atoms with E-state index in [0.717, 1.165) is 44.3 Å². The number of nitrogens with one attached hydrogen (secondary N) is 1. The van der Waals surface area contributed by atoms with E-state index in [2.05, 4.69) is 5.32 Å². The average molecular weight is 497 g/mol. The van der Waals surface area contributed by atoms with E-state index in [1.165, 1.54) is 11.8 Å². The van der Waals surface area contributed by atoms with E-state index in [-0.39, 0.29) is 17.6 Å². The standard InChI is InChI=1S/C29H28N4O2S/c1-19-13-15-22(16-14-19)17-30-28(35)27-26-21(3)31-33(23-10-5-4-6-11-23)29(26)36-18-25(34)32(27)24-12-8-7-9-20(24)2/h4-16,27H,17-18H2,1-3H3,(H,30,35). The maximum atomic E-state index is 13.9. The number of thioether (sulfide) groups is 1. The molecule has 0 fully saturated rings. The molecule has 0 spiro atoms. The Balaban J connectivity index is 1.62. The predicted octanol–water partition coefficient (Wildman–Crippen LogP) is 5.29. The quantitative estimate of drug-likeness (QED) is 0.408. The fraction of sp³-hybridized carbons (Fsp3) is 0.207. The highest BCUT2D eigenvalue weighted by Gasteiger charge is 2.40. The van der Waals surface area contributed by atoms with Gasteiger partial charge in [0, 0.05) is 17.8 Å². The van der Waals surface area contributed by atoms with Gasteiger partial charge >= 0.3 is 0 Å². The number of hydrogen-bond donors (Lipinski definition) is 1. The van der Waals surface area contributed by atoms with E-state index in [9.17, 15) is 9.59 Å². The van der Waals surface area contributed by atoms with Crippen LogP contribution < -0.4 is 10.2 Å². The van der Waals surface area contributed by atoms with Crippen molar-refractivity contribution in [3.8, 4) is 5.69 Å². The average Bonchev–Trinajstić information content (AvgIpc) is 3.13. The summed E-state index contributed by atoms with van der Waals surface area (Å²) in [7, 11) is 0. The molecule has 0 bridgehead atoms. The van der Waals surface area contributed by atoms with Gasteiger partial charge in [0.05, 0.1) is 17.1 Å². The number of amides is 2. The van der Waals surface area contributed by atoms with Gasteiger partial charge in [0.2, 0.25) is 11.8 Å². The van der Waals surface area contributed by atoms with Crippen LogP contribution in [0, 0.1) is 20.8 Å². The number of carbonyl (C=O) groups excluding carboxylic acids is 2. The number of nitrogens with zero attached hydrogens (tertiary/aromatic N) is 3. The number of benzene rings is 3. The van der Waals surface area contributed by atoms with Gasteiger partial charge in [-0.25, -0.2) is 4.68 Å². The first-order chi connectivity index (χ1) is 17.4. The first-order valence-electron chi connectivity index (χ1n) is 11.9. The highest BCUT2D eigenvalue weighted by Crippen LogP contribution is 2.41. The van der Waals surface area contributed by atoms with E-state index in [1.54, 1.807) is 4.90 Å². The van der Waals surface area contributed by atoms with Gasteiger partial charge < -0.3 is 5.32 Å². The molecular formula is C29H28N4O2S. The first kappa shape index (κ1) is 23.9. The Morgan fingerprint density at radius 2 is 1.67 bits per heavy atom. The number of anilines is 1. The molecule has 1 aliphatic heterocycles. The van der Waals surface area contributed by atoms with Crippen LogP contribution in [0.5, 0.6) is 0 Å². The zero-order chi connectivity index (χ0) is 25.2. The van der Waals surface area contributed by atoms with Gasteiger partial charge in [-0.2, -0.15) is 5.10 Å². The van der Waals surface area contributed by atoms with Crippen LogP contribution in [-0.4, -0.2) is 27.3 Å². The molecule has 0 radical (unpaired) electrons. The third kappa shape index (κ3) is 4.54. The van der Waals surface area contributed by atoms with Gasteiger partial charge in [0.1, 0.15) is 11.1 Å². The van der Waals surface area contributed by atoms with E-state index in [1.807, 2.05) is 104 Å². The number of hydrogen-bond acceptors (Lipinski definition) is 4. The lowest BCUT2D eigenvalue weighted by atomic mass is 10.0. The van der Waals surface area contributed by atoms with Crippen LogP contribution in [-0.2, 0) is 16.1 Å². The second-order valence-corrected chi connectivity index (χ2v) is 9.96. The number of aryl methyl sites for hydroxylation is 3. The Morgan fingerprint density at radius 1 is 0.972 bits per heavy atom. The molecule has 5 rings (SSSR count). The Labute approximate surface area is 215 Å². The molecule has 2 amide bonds. The lowest BCUT2D eigenvalue weighted by Crippen LogP contribution is -2.44. The van der Waals surface area contributed by atoms with Gasteiger partial charge in [-0.3, -0.25) is 14.5 Å². The fourth-order valence-electron chi connectivity index (χ4n) is 4.54. The van der Waals surface area contributed by atoms with Crippen LogP contribution in [0.15, 0.2) is 83.9 Å². The second kappa shape index (κ2) is 10.0. The lowest BCUT2D eigenvalue weighted by molar-refractivity contribution is -0.126. The second-order valence-electron chi connectivity index (χ2n) is 9.00. The summed E-state index contributed by atoms with van der Waals surface area (Å²) in [5, 5.41) is 8.73. The summed E-state index contributed by atoms with van der Waals surface area (Å²) in [4.78, 5) is 29.2. The monoisotopic (exact) mass is 496 g/mol. The molecule has 36 heavy (non-hydrogen) atoms. The minimum Gasteiger partial charge on any atom is -0.350 e. The van der Waals surface area contributed by atoms with Crippen molar-refractivity contribution in [3.05, 3.63) is 107 Å². The van der Waals surface area contributed by atoms with Crippen molar-refractivity contribution >= 4 is 29.3 Å². The molecule has 1 N–H and O–H groups in total. The Kier molecular flexibility index (Phi) is 6.65. The van der Waals surface area contributed by atoms with E-state index in [4.69, 9.17) is 5.10 Å². The largest absolute Gasteiger partial charge is 0.350 e. The van der Waals surface area contributed by atoms with Gasteiger partial charge in [-0.05, 0) is 50.1 Å². The number of carbonyl (C=O) groups is 2. The predicted molar refractivity (Wildman–Crippen MR) is 143 cm³/mol. The normalized spacial score (nSPS) is 15.4. The van der Waals surface area contributed by atoms with Crippen molar-refractivity contribution in [2.24, 2.45) is 0 Å². The molecule has 2 heterocycles. The molecule has 1 aromatic heterocycles. The molecule has 0 saturated carbocycles. The van der Waals surface area contributed by atoms with Crippen molar-refractivity contribution in [1.82, 2.24) is 15.1 Å². The molecular weight excluding hydrogens is 468 g/mol. The van der Waals surface area contributed by atoms with Crippen molar-refractivity contribution in [2.45, 2.75) is 38.4 Å². The number of rotatable bonds is 5. The van der Waals surface area contributed by atoms with Crippen molar-refractivity contribution in [1.29, 1.82) is 0 Å². The molecule has 1 unspecified atom stereocenters. The van der Waals surface area contributed by atoms with E-state index >= 15 is 0 Å². The summed E-state index contributed by atoms with van der Waals surface area (Å²) >= 11 is 1.43. The molecule has 1 atom stereocenters. The van der Waals surface area contributed by atoms with Crippen molar-refractivity contribution < 1.29 is 9.59 Å². The summed E-state index contributed by atoms with van der Waals surface area (Å²) in [6, 6.07) is 24.7. The van der Waals surface area contributed by atoms with Gasteiger partial charge in [-0.1, -0.05) is 78.0 Å². The minimum absolute atomic E-state index is 0.111. The first-order valence-corrected chi connectivity index (χ1v) is 12.9. The van der Waals surface area contributed by atoms with Crippen LogP contribution >= 0.6 is 11.8 Å². The summed E-state index contributed by atoms with van der Waals surface area (Å²) in [5.74, 6) is -0.132. The third-order valence-corrected chi connectivity index (χ3v) is 7.46. The molecule has 6 nitrogen and oxygen atoms in total. The highest BCUT2D eigenvalue weighted by molar-refractivity contribution is 8.00. The maximum absolute atomic E-state index is 13.9. The Hall–Kier alpha value is -3.84.